The Kier molecular flexibility index (Phi) is 3.51. The smallest absolute Gasteiger partial charge is 0.315 e. The number of carbonyl (C=O) groups excluding carboxylic acids is 1. The van der Waals surface area contributed by atoms with Crippen LogP contribution in [-0.4, -0.2) is 29.5 Å². The van der Waals surface area contributed by atoms with Crippen LogP contribution in [-0.2, 0) is 15.0 Å². The first-order valence-corrected chi connectivity index (χ1v) is 6.58. The minimum Gasteiger partial charge on any atom is -0.481 e. The van der Waals surface area contributed by atoms with Crippen LogP contribution in [0.1, 0.15) is 25.8 Å². The average Bonchev–Trinajstić information content (AvgIpc) is 2.96. The Labute approximate surface area is 121 Å². The van der Waals surface area contributed by atoms with E-state index in [4.69, 9.17) is 0 Å². The summed E-state index contributed by atoms with van der Waals surface area (Å²) in [5, 5.41) is 11.8. The molecule has 4 nitrogen and oxygen atoms in total. The van der Waals surface area contributed by atoms with Gasteiger partial charge in [0, 0.05) is 13.0 Å². The molecule has 1 aromatic rings. The Bertz CT molecular complexity index is 576. The zero-order valence-electron chi connectivity index (χ0n) is 11.8. The highest BCUT2D eigenvalue weighted by Gasteiger charge is 2.72. The first-order chi connectivity index (χ1) is 9.63. The van der Waals surface area contributed by atoms with E-state index in [1.165, 1.54) is 13.8 Å². The van der Waals surface area contributed by atoms with Gasteiger partial charge in [0.1, 0.15) is 10.8 Å². The zero-order valence-corrected chi connectivity index (χ0v) is 11.8. The molecule has 1 saturated carbocycles. The van der Waals surface area contributed by atoms with E-state index in [1.54, 1.807) is 30.3 Å². The number of hydrogen-bond donors (Lipinski definition) is 2. The van der Waals surface area contributed by atoms with Gasteiger partial charge in [-0.25, -0.2) is 8.78 Å². The Morgan fingerprint density at radius 1 is 1.33 bits per heavy atom. The van der Waals surface area contributed by atoms with Crippen molar-refractivity contribution in [3.05, 3.63) is 35.9 Å². The third kappa shape index (κ3) is 2.50. The van der Waals surface area contributed by atoms with E-state index in [-0.39, 0.29) is 6.54 Å². The predicted molar refractivity (Wildman–Crippen MR) is 72.1 cm³/mol. The van der Waals surface area contributed by atoms with Crippen molar-refractivity contribution in [2.75, 3.05) is 6.54 Å². The summed E-state index contributed by atoms with van der Waals surface area (Å²) >= 11 is 0. The second kappa shape index (κ2) is 4.79. The third-order valence-electron chi connectivity index (χ3n) is 4.24. The van der Waals surface area contributed by atoms with E-state index >= 15 is 0 Å². The molecule has 0 aliphatic heterocycles. The van der Waals surface area contributed by atoms with Gasteiger partial charge in [0.2, 0.25) is 5.91 Å². The summed E-state index contributed by atoms with van der Waals surface area (Å²) in [6, 6.07) is 8.39. The lowest BCUT2D eigenvalue weighted by atomic mass is 9.82. The summed E-state index contributed by atoms with van der Waals surface area (Å²) in [7, 11) is 0. The van der Waals surface area contributed by atoms with Crippen LogP contribution in [0.4, 0.5) is 8.78 Å². The largest absolute Gasteiger partial charge is 0.481 e. The molecule has 1 aliphatic carbocycles. The number of benzene rings is 1. The number of alkyl halides is 2. The molecule has 2 rings (SSSR count). The van der Waals surface area contributed by atoms with Gasteiger partial charge in [0.05, 0.1) is 0 Å². The maximum absolute atomic E-state index is 13.2. The van der Waals surface area contributed by atoms with Crippen molar-refractivity contribution >= 4 is 11.9 Å². The summed E-state index contributed by atoms with van der Waals surface area (Å²) in [5.41, 5.74) is -2.58. The van der Waals surface area contributed by atoms with E-state index in [1.807, 2.05) is 0 Å². The molecule has 0 saturated heterocycles. The molecule has 2 atom stereocenters. The maximum atomic E-state index is 13.2. The topological polar surface area (TPSA) is 66.4 Å². The first kappa shape index (κ1) is 15.4. The molecule has 21 heavy (non-hydrogen) atoms. The Hall–Kier alpha value is -1.98. The van der Waals surface area contributed by atoms with Gasteiger partial charge in [-0.1, -0.05) is 30.3 Å². The van der Waals surface area contributed by atoms with Crippen LogP contribution in [0, 0.1) is 5.41 Å². The Morgan fingerprint density at radius 2 is 1.86 bits per heavy atom. The summed E-state index contributed by atoms with van der Waals surface area (Å²) in [4.78, 5) is 23.4. The summed E-state index contributed by atoms with van der Waals surface area (Å²) < 4.78 is 26.3. The number of nitrogens with one attached hydrogen (secondary N) is 1. The molecule has 0 aromatic heterocycles. The normalized spacial score (nSPS) is 25.7. The molecule has 2 N–H and O–H groups in total. The fourth-order valence-corrected chi connectivity index (χ4v) is 2.21. The van der Waals surface area contributed by atoms with Crippen molar-refractivity contribution in [3.63, 3.8) is 0 Å². The van der Waals surface area contributed by atoms with Gasteiger partial charge >= 0.3 is 5.97 Å². The van der Waals surface area contributed by atoms with Gasteiger partial charge in [-0.3, -0.25) is 9.59 Å². The summed E-state index contributed by atoms with van der Waals surface area (Å²) in [6.07, 6.45) is -0.499. The zero-order chi connectivity index (χ0) is 15.9. The van der Waals surface area contributed by atoms with Crippen LogP contribution in [0.25, 0.3) is 0 Å². The van der Waals surface area contributed by atoms with Gasteiger partial charge in [0.15, 0.2) is 0 Å². The molecule has 0 heterocycles. The van der Waals surface area contributed by atoms with Crippen LogP contribution >= 0.6 is 0 Å². The van der Waals surface area contributed by atoms with E-state index in [9.17, 15) is 23.5 Å². The number of halogens is 2. The number of rotatable bonds is 5. The van der Waals surface area contributed by atoms with Crippen LogP contribution < -0.4 is 5.32 Å². The van der Waals surface area contributed by atoms with Crippen molar-refractivity contribution in [2.45, 2.75) is 31.6 Å². The highest BCUT2D eigenvalue weighted by atomic mass is 19.3. The standard InChI is InChI=1S/C15H17F2NO3/c1-13(12(20)21,10-6-4-3-5-7-10)9-18-11(19)14(2)8-15(14,16)17/h3-7H,8-9H2,1-2H3,(H,18,19)(H,20,21). The molecule has 0 spiro atoms. The molecule has 1 amide bonds. The molecule has 1 aliphatic rings. The summed E-state index contributed by atoms with van der Waals surface area (Å²) in [5.74, 6) is -4.94. The number of hydrogen-bond acceptors (Lipinski definition) is 2. The SMILES string of the molecule is CC(CNC(=O)C1(C)CC1(F)F)(C(=O)O)c1ccccc1. The van der Waals surface area contributed by atoms with Crippen molar-refractivity contribution < 1.29 is 23.5 Å². The van der Waals surface area contributed by atoms with Crippen LogP contribution in [0.5, 0.6) is 0 Å². The molecular weight excluding hydrogens is 280 g/mol. The molecule has 1 fully saturated rings. The first-order valence-electron chi connectivity index (χ1n) is 6.58. The van der Waals surface area contributed by atoms with Crippen molar-refractivity contribution in [1.82, 2.24) is 5.32 Å². The van der Waals surface area contributed by atoms with Crippen molar-refractivity contribution in [2.24, 2.45) is 5.41 Å². The lowest BCUT2D eigenvalue weighted by Gasteiger charge is -2.26. The highest BCUT2D eigenvalue weighted by molar-refractivity contribution is 5.88. The minimum atomic E-state index is -3.01. The monoisotopic (exact) mass is 297 g/mol. The van der Waals surface area contributed by atoms with Gasteiger partial charge in [-0.2, -0.15) is 0 Å². The van der Waals surface area contributed by atoms with Gasteiger partial charge < -0.3 is 10.4 Å². The molecule has 114 valence electrons. The Morgan fingerprint density at radius 3 is 2.29 bits per heavy atom. The number of carboxylic acids is 1. The van der Waals surface area contributed by atoms with Gasteiger partial charge in [-0.05, 0) is 19.4 Å². The lowest BCUT2D eigenvalue weighted by molar-refractivity contribution is -0.143. The van der Waals surface area contributed by atoms with E-state index in [0.29, 0.717) is 5.56 Å². The fourth-order valence-electron chi connectivity index (χ4n) is 2.21. The van der Waals surface area contributed by atoms with Crippen LogP contribution in [0.2, 0.25) is 0 Å². The Balaban J connectivity index is 2.12. The van der Waals surface area contributed by atoms with Crippen molar-refractivity contribution in [3.8, 4) is 0 Å². The second-order valence-electron chi connectivity index (χ2n) is 5.90. The molecule has 6 heteroatoms. The average molecular weight is 297 g/mol. The molecule has 0 radical (unpaired) electrons. The predicted octanol–water partition coefficient (Wildman–Crippen LogP) is 2.19. The van der Waals surface area contributed by atoms with Crippen molar-refractivity contribution in [1.29, 1.82) is 0 Å². The maximum Gasteiger partial charge on any atom is 0.315 e. The highest BCUT2D eigenvalue weighted by Crippen LogP contribution is 2.60. The number of aliphatic carboxylic acids is 1. The van der Waals surface area contributed by atoms with E-state index < -0.39 is 35.0 Å². The molecule has 0 bridgehead atoms. The van der Waals surface area contributed by atoms with Gasteiger partial charge in [-0.15, -0.1) is 0 Å². The lowest BCUT2D eigenvalue weighted by Crippen LogP contribution is -2.46. The molecular formula is C15H17F2NO3. The third-order valence-corrected chi connectivity index (χ3v) is 4.24. The number of carboxylic acid groups (broad SMARTS) is 1. The van der Waals surface area contributed by atoms with Crippen LogP contribution in [0.15, 0.2) is 30.3 Å². The van der Waals surface area contributed by atoms with E-state index in [2.05, 4.69) is 5.32 Å². The number of carbonyl (C=O) groups is 2. The van der Waals surface area contributed by atoms with Gasteiger partial charge in [0.25, 0.3) is 5.92 Å². The fraction of sp³-hybridized carbons (Fsp3) is 0.467. The summed E-state index contributed by atoms with van der Waals surface area (Å²) in [6.45, 7) is 2.40. The minimum absolute atomic E-state index is 0.239. The van der Waals surface area contributed by atoms with Crippen LogP contribution in [0.3, 0.4) is 0 Å². The quantitative estimate of drug-likeness (QED) is 0.875. The molecule has 2 unspecified atom stereocenters. The van der Waals surface area contributed by atoms with E-state index in [0.717, 1.165) is 0 Å². The number of amides is 1. The molecule has 1 aromatic carbocycles. The second-order valence-corrected chi connectivity index (χ2v) is 5.90.